The van der Waals surface area contributed by atoms with Crippen molar-refractivity contribution in [2.75, 3.05) is 31.4 Å². The van der Waals surface area contributed by atoms with Gasteiger partial charge in [0.2, 0.25) is 11.8 Å². The van der Waals surface area contributed by atoms with Gasteiger partial charge in [0.1, 0.15) is 6.61 Å². The molecule has 0 radical (unpaired) electrons. The highest BCUT2D eigenvalue weighted by Crippen LogP contribution is 2.16. The molecule has 1 amide bonds. The lowest BCUT2D eigenvalue weighted by atomic mass is 10.2. The third kappa shape index (κ3) is 6.78. The average molecular weight is 367 g/mol. The topological polar surface area (TPSA) is 60.5 Å². The van der Waals surface area contributed by atoms with Crippen LogP contribution in [0.2, 0.25) is 5.02 Å². The molecular formula is C17H19ClN2O3S. The van der Waals surface area contributed by atoms with Crippen LogP contribution in [0.1, 0.15) is 5.56 Å². The van der Waals surface area contributed by atoms with Gasteiger partial charge in [-0.25, -0.2) is 4.98 Å². The second-order valence-electron chi connectivity index (χ2n) is 4.89. The standard InChI is InChI=1S/C17H19ClN2O3S/c1-22-8-9-23-17-7-6-15(10-19-17)20-16(21)12-24-11-13-2-4-14(18)5-3-13/h2-7,10H,8-9,11-12H2,1H3,(H,20,21). The number of rotatable bonds is 9. The fraction of sp³-hybridized carbons (Fsp3) is 0.294. The fourth-order valence-electron chi connectivity index (χ4n) is 1.81. The van der Waals surface area contributed by atoms with E-state index in [2.05, 4.69) is 10.3 Å². The highest BCUT2D eigenvalue weighted by atomic mass is 35.5. The summed E-state index contributed by atoms with van der Waals surface area (Å²) in [6, 6.07) is 11.1. The minimum Gasteiger partial charge on any atom is -0.475 e. The van der Waals surface area contributed by atoms with Crippen LogP contribution < -0.4 is 10.1 Å². The van der Waals surface area contributed by atoms with Gasteiger partial charge in [-0.2, -0.15) is 0 Å². The molecule has 1 heterocycles. The molecule has 0 atom stereocenters. The van der Waals surface area contributed by atoms with E-state index in [1.54, 1.807) is 37.2 Å². The molecule has 0 spiro atoms. The van der Waals surface area contributed by atoms with Gasteiger partial charge in [-0.15, -0.1) is 11.8 Å². The first kappa shape index (κ1) is 18.6. The highest BCUT2D eigenvalue weighted by molar-refractivity contribution is 7.99. The number of ether oxygens (including phenoxy) is 2. The van der Waals surface area contributed by atoms with Crippen molar-refractivity contribution in [1.29, 1.82) is 0 Å². The van der Waals surface area contributed by atoms with Crippen molar-refractivity contribution in [3.63, 3.8) is 0 Å². The number of hydrogen-bond acceptors (Lipinski definition) is 5. The van der Waals surface area contributed by atoms with Gasteiger partial charge in [0.05, 0.1) is 24.2 Å². The first-order valence-electron chi connectivity index (χ1n) is 7.37. The fourth-order valence-corrected chi connectivity index (χ4v) is 2.72. The Bertz CT molecular complexity index is 635. The van der Waals surface area contributed by atoms with Crippen molar-refractivity contribution in [2.24, 2.45) is 0 Å². The summed E-state index contributed by atoms with van der Waals surface area (Å²) in [5, 5.41) is 3.52. The number of carbonyl (C=O) groups excluding carboxylic acids is 1. The molecule has 5 nitrogen and oxygen atoms in total. The van der Waals surface area contributed by atoms with Crippen LogP contribution in [0.15, 0.2) is 42.6 Å². The second kappa shape index (κ2) is 10.2. The number of halogens is 1. The average Bonchev–Trinajstić information content (AvgIpc) is 2.58. The van der Waals surface area contributed by atoms with Crippen LogP contribution in [0.25, 0.3) is 0 Å². The lowest BCUT2D eigenvalue weighted by Gasteiger charge is -2.07. The number of methoxy groups -OCH3 is 1. The maximum Gasteiger partial charge on any atom is 0.234 e. The first-order valence-corrected chi connectivity index (χ1v) is 8.90. The Morgan fingerprint density at radius 1 is 1.21 bits per heavy atom. The molecule has 24 heavy (non-hydrogen) atoms. The van der Waals surface area contributed by atoms with E-state index in [0.29, 0.717) is 35.6 Å². The van der Waals surface area contributed by atoms with Crippen LogP contribution in [0.3, 0.4) is 0 Å². The lowest BCUT2D eigenvalue weighted by molar-refractivity contribution is -0.113. The molecule has 2 rings (SSSR count). The van der Waals surface area contributed by atoms with Crippen LogP contribution in [0.5, 0.6) is 5.88 Å². The number of anilines is 1. The molecule has 0 saturated carbocycles. The Balaban J connectivity index is 1.70. The van der Waals surface area contributed by atoms with E-state index >= 15 is 0 Å². The van der Waals surface area contributed by atoms with Crippen LogP contribution >= 0.6 is 23.4 Å². The maximum absolute atomic E-state index is 11.9. The summed E-state index contributed by atoms with van der Waals surface area (Å²) in [6.45, 7) is 0.946. The Morgan fingerprint density at radius 3 is 2.67 bits per heavy atom. The van der Waals surface area contributed by atoms with E-state index in [-0.39, 0.29) is 5.91 Å². The molecule has 0 unspecified atom stereocenters. The van der Waals surface area contributed by atoms with E-state index in [1.807, 2.05) is 24.3 Å². The minimum atomic E-state index is -0.0659. The van der Waals surface area contributed by atoms with Crippen molar-refractivity contribution in [3.8, 4) is 5.88 Å². The normalized spacial score (nSPS) is 10.4. The number of aromatic nitrogens is 1. The van der Waals surface area contributed by atoms with Crippen molar-refractivity contribution >= 4 is 35.0 Å². The summed E-state index contributed by atoms with van der Waals surface area (Å²) in [5.74, 6) is 1.56. The maximum atomic E-state index is 11.9. The van der Waals surface area contributed by atoms with Crippen molar-refractivity contribution < 1.29 is 14.3 Å². The van der Waals surface area contributed by atoms with Crippen molar-refractivity contribution in [1.82, 2.24) is 4.98 Å². The summed E-state index contributed by atoms with van der Waals surface area (Å²) in [5.41, 5.74) is 1.78. The van der Waals surface area contributed by atoms with Gasteiger partial charge in [0.25, 0.3) is 0 Å². The number of amides is 1. The molecule has 0 aliphatic rings. The number of benzene rings is 1. The molecule has 128 valence electrons. The molecule has 2 aromatic rings. The highest BCUT2D eigenvalue weighted by Gasteiger charge is 2.04. The summed E-state index contributed by atoms with van der Waals surface area (Å²) in [7, 11) is 1.61. The monoisotopic (exact) mass is 366 g/mol. The summed E-state index contributed by atoms with van der Waals surface area (Å²) in [4.78, 5) is 16.1. The third-order valence-electron chi connectivity index (χ3n) is 2.97. The summed E-state index contributed by atoms with van der Waals surface area (Å²) >= 11 is 7.38. The van der Waals surface area contributed by atoms with Crippen LogP contribution in [-0.2, 0) is 15.3 Å². The van der Waals surface area contributed by atoms with Crippen LogP contribution in [0, 0.1) is 0 Å². The Labute approximate surface area is 150 Å². The minimum absolute atomic E-state index is 0.0659. The first-order chi connectivity index (χ1) is 11.7. The van der Waals surface area contributed by atoms with Gasteiger partial charge in [0.15, 0.2) is 0 Å². The molecular weight excluding hydrogens is 348 g/mol. The van der Waals surface area contributed by atoms with Gasteiger partial charge < -0.3 is 14.8 Å². The zero-order valence-electron chi connectivity index (χ0n) is 13.3. The third-order valence-corrected chi connectivity index (χ3v) is 4.23. The van der Waals surface area contributed by atoms with E-state index in [1.165, 1.54) is 0 Å². The molecule has 0 aliphatic carbocycles. The SMILES string of the molecule is COCCOc1ccc(NC(=O)CSCc2ccc(Cl)cc2)cn1. The number of hydrogen-bond donors (Lipinski definition) is 1. The van der Waals surface area contributed by atoms with Gasteiger partial charge in [-0.1, -0.05) is 23.7 Å². The number of thioether (sulfide) groups is 1. The number of pyridine rings is 1. The number of nitrogens with one attached hydrogen (secondary N) is 1. The van der Waals surface area contributed by atoms with Crippen molar-refractivity contribution in [2.45, 2.75) is 5.75 Å². The lowest BCUT2D eigenvalue weighted by Crippen LogP contribution is -2.14. The van der Waals surface area contributed by atoms with Gasteiger partial charge in [0, 0.05) is 24.0 Å². The van der Waals surface area contributed by atoms with E-state index in [9.17, 15) is 4.79 Å². The van der Waals surface area contributed by atoms with Gasteiger partial charge in [-0.05, 0) is 23.8 Å². The molecule has 7 heteroatoms. The second-order valence-corrected chi connectivity index (χ2v) is 6.32. The Hall–Kier alpha value is -1.76. The Morgan fingerprint density at radius 2 is 2.00 bits per heavy atom. The molecule has 0 bridgehead atoms. The van der Waals surface area contributed by atoms with Gasteiger partial charge >= 0.3 is 0 Å². The molecule has 0 saturated heterocycles. The molecule has 0 fully saturated rings. The van der Waals surface area contributed by atoms with Gasteiger partial charge in [-0.3, -0.25) is 4.79 Å². The predicted octanol–water partition coefficient (Wildman–Crippen LogP) is 3.63. The quantitative estimate of drug-likeness (QED) is 0.686. The largest absolute Gasteiger partial charge is 0.475 e. The van der Waals surface area contributed by atoms with Crippen molar-refractivity contribution in [3.05, 3.63) is 53.2 Å². The zero-order chi connectivity index (χ0) is 17.2. The van der Waals surface area contributed by atoms with Crippen LogP contribution in [-0.4, -0.2) is 37.0 Å². The van der Waals surface area contributed by atoms with E-state index in [4.69, 9.17) is 21.1 Å². The van der Waals surface area contributed by atoms with E-state index in [0.717, 1.165) is 11.3 Å². The number of carbonyl (C=O) groups is 1. The summed E-state index contributed by atoms with van der Waals surface area (Å²) in [6.07, 6.45) is 1.57. The molecule has 1 N–H and O–H groups in total. The predicted molar refractivity (Wildman–Crippen MR) is 97.9 cm³/mol. The molecule has 1 aromatic heterocycles. The molecule has 0 aliphatic heterocycles. The number of nitrogens with zero attached hydrogens (tertiary/aromatic N) is 1. The smallest absolute Gasteiger partial charge is 0.234 e. The van der Waals surface area contributed by atoms with E-state index < -0.39 is 0 Å². The van der Waals surface area contributed by atoms with Crippen LogP contribution in [0.4, 0.5) is 5.69 Å². The zero-order valence-corrected chi connectivity index (χ0v) is 14.9. The Kier molecular flexibility index (Phi) is 7.88. The molecule has 1 aromatic carbocycles. The summed E-state index contributed by atoms with van der Waals surface area (Å²) < 4.78 is 10.3.